The van der Waals surface area contributed by atoms with Crippen LogP contribution in [0.3, 0.4) is 0 Å². The SMILES string of the molecule is CC(C)(C)c1cc(C(c2ccccc2)(c2ccccc2)c2ccccc2)cc(C=NC2CCCCC2N=Cc2cc(C(c3ccccc3)(c3ccccc3)c3ccccc3)cc(C(C)(C)C)c2O)c1O.[Co].[O-]C(C(F)(F)F)(C(F)(F)F)C(F)(F)F. The van der Waals surface area contributed by atoms with Crippen molar-refractivity contribution < 1.29 is 71.6 Å². The fourth-order valence-electron chi connectivity index (χ4n) is 11.5. The van der Waals surface area contributed by atoms with E-state index in [-0.39, 0.29) is 51.2 Å². The minimum Gasteiger partial charge on any atom is -0.830 e. The van der Waals surface area contributed by atoms with Crippen molar-refractivity contribution in [2.24, 2.45) is 9.98 Å². The van der Waals surface area contributed by atoms with Gasteiger partial charge in [0.05, 0.1) is 22.9 Å². The third-order valence-electron chi connectivity index (χ3n) is 15.7. The molecular formula is C70H66CoF9N2O3-. The summed E-state index contributed by atoms with van der Waals surface area (Å²) in [5, 5.41) is 34.4. The summed E-state index contributed by atoms with van der Waals surface area (Å²) in [7, 11) is 0. The van der Waals surface area contributed by atoms with Crippen LogP contribution in [0.25, 0.3) is 0 Å². The standard InChI is InChI=1S/C66H66N2O2.C4F9O.Co/c1-63(2,3)57-43-55(65(49-27-13-7-14-28-49,50-29-15-8-16-30-50)51-31-17-9-18-32-51)41-47(61(57)69)45-67-59-39-25-26-40-60(59)68-46-48-42-56(44-58(62(48)70)64(4,5)6)66(52-33-19-10-20-34-52,53-35-21-11-22-36-53)54-37-23-12-24-38-54;5-2(6,7)1(14,3(8,9)10)4(11,12)13;/h7-24,27-38,41-46,59-60,69-70H,25-26,39-40H2,1-6H3;;/q;-1;. The normalized spacial score (nSPS) is 15.7. The Balaban J connectivity index is 0.000000612. The van der Waals surface area contributed by atoms with Gasteiger partial charge in [-0.15, -0.1) is 0 Å². The molecule has 1 radical (unpaired) electrons. The summed E-state index contributed by atoms with van der Waals surface area (Å²) in [5.41, 5.74) is 2.94. The number of phenolic OH excluding ortho intramolecular Hbond substituents is 2. The van der Waals surface area contributed by atoms with Gasteiger partial charge in [0.2, 0.25) is 0 Å². The molecule has 0 bridgehead atoms. The van der Waals surface area contributed by atoms with Gasteiger partial charge in [-0.05, 0) is 92.4 Å². The number of phenols is 2. The Morgan fingerprint density at radius 3 is 0.788 bits per heavy atom. The van der Waals surface area contributed by atoms with Crippen molar-refractivity contribution in [1.82, 2.24) is 0 Å². The van der Waals surface area contributed by atoms with Gasteiger partial charge in [0.25, 0.3) is 0 Å². The van der Waals surface area contributed by atoms with Crippen LogP contribution < -0.4 is 5.11 Å². The Morgan fingerprint density at radius 2 is 0.600 bits per heavy atom. The molecule has 447 valence electrons. The maximum atomic E-state index is 12.3. The van der Waals surface area contributed by atoms with Gasteiger partial charge >= 0.3 is 18.5 Å². The van der Waals surface area contributed by atoms with E-state index in [0.717, 1.165) is 81.3 Å². The molecule has 8 aromatic rings. The number of hydrogen-bond donors (Lipinski definition) is 2. The second kappa shape index (κ2) is 25.6. The largest absolute Gasteiger partial charge is 0.830 e. The van der Waals surface area contributed by atoms with Gasteiger partial charge in [0, 0.05) is 51.5 Å². The first-order valence-corrected chi connectivity index (χ1v) is 27.6. The molecule has 1 aliphatic carbocycles. The molecule has 9 rings (SSSR count). The van der Waals surface area contributed by atoms with Gasteiger partial charge in [-0.3, -0.25) is 9.98 Å². The zero-order valence-electron chi connectivity index (χ0n) is 47.7. The molecule has 0 aromatic heterocycles. The Labute approximate surface area is 501 Å². The van der Waals surface area contributed by atoms with Crippen LogP contribution in [0.5, 0.6) is 11.5 Å². The van der Waals surface area contributed by atoms with E-state index in [0.29, 0.717) is 11.1 Å². The van der Waals surface area contributed by atoms with E-state index in [1.54, 1.807) is 0 Å². The second-order valence-electron chi connectivity index (χ2n) is 23.3. The number of benzene rings is 8. The van der Waals surface area contributed by atoms with Gasteiger partial charge in [-0.25, -0.2) is 0 Å². The number of aliphatic imine (C=N–C) groups is 2. The number of aromatic hydroxyl groups is 2. The van der Waals surface area contributed by atoms with Crippen LogP contribution in [0.1, 0.15) is 134 Å². The Kier molecular flexibility index (Phi) is 19.6. The molecular weight excluding hydrogens is 1150 g/mol. The van der Waals surface area contributed by atoms with Gasteiger partial charge in [-0.2, -0.15) is 39.5 Å². The number of nitrogens with zero attached hydrogens (tertiary/aromatic N) is 2. The van der Waals surface area contributed by atoms with E-state index in [9.17, 15) is 54.8 Å². The van der Waals surface area contributed by atoms with Crippen molar-refractivity contribution >= 4 is 12.4 Å². The van der Waals surface area contributed by atoms with E-state index in [2.05, 4.69) is 248 Å². The molecule has 0 saturated heterocycles. The summed E-state index contributed by atoms with van der Waals surface area (Å²) in [6.07, 6.45) is -13.3. The molecule has 2 N–H and O–H groups in total. The predicted octanol–water partition coefficient (Wildman–Crippen LogP) is 17.1. The molecule has 0 spiro atoms. The molecule has 2 unspecified atom stereocenters. The molecule has 0 amide bonds. The minimum absolute atomic E-state index is 0. The summed E-state index contributed by atoms with van der Waals surface area (Å²) >= 11 is 0. The van der Waals surface area contributed by atoms with Crippen LogP contribution in [0.4, 0.5) is 39.5 Å². The fraction of sp³-hybridized carbons (Fsp3) is 0.286. The van der Waals surface area contributed by atoms with E-state index < -0.39 is 35.0 Å². The summed E-state index contributed by atoms with van der Waals surface area (Å²) < 4.78 is 102. The van der Waals surface area contributed by atoms with Gasteiger partial charge in [-0.1, -0.05) is 236 Å². The van der Waals surface area contributed by atoms with E-state index in [4.69, 9.17) is 9.98 Å². The molecule has 15 heteroatoms. The molecule has 1 aliphatic rings. The van der Waals surface area contributed by atoms with Crippen LogP contribution >= 0.6 is 0 Å². The smallest absolute Gasteiger partial charge is 0.397 e. The minimum atomic E-state index is -6.98. The molecule has 1 saturated carbocycles. The maximum absolute atomic E-state index is 12.3. The predicted molar refractivity (Wildman–Crippen MR) is 312 cm³/mol. The monoisotopic (exact) mass is 1210 g/mol. The van der Waals surface area contributed by atoms with Crippen LogP contribution in [0.2, 0.25) is 0 Å². The Bertz CT molecular complexity index is 3090. The molecule has 8 aromatic carbocycles. The number of hydrogen-bond acceptors (Lipinski definition) is 5. The van der Waals surface area contributed by atoms with Crippen LogP contribution in [-0.2, 0) is 38.4 Å². The van der Waals surface area contributed by atoms with E-state index >= 15 is 0 Å². The van der Waals surface area contributed by atoms with Crippen LogP contribution in [-0.4, -0.2) is 58.9 Å². The number of alkyl halides is 9. The zero-order valence-corrected chi connectivity index (χ0v) is 48.7. The molecule has 1 fully saturated rings. The van der Waals surface area contributed by atoms with Crippen molar-refractivity contribution in [1.29, 1.82) is 0 Å². The van der Waals surface area contributed by atoms with Crippen molar-refractivity contribution in [2.75, 3.05) is 0 Å². The quantitative estimate of drug-likeness (QED) is 0.0726. The summed E-state index contributed by atoms with van der Waals surface area (Å²) in [5.74, 6) is 0.489. The third kappa shape index (κ3) is 13.0. The summed E-state index contributed by atoms with van der Waals surface area (Å²) in [6, 6.07) is 72.8. The first-order valence-electron chi connectivity index (χ1n) is 27.6. The molecule has 0 aliphatic heterocycles. The number of rotatable bonds is 12. The fourth-order valence-corrected chi connectivity index (χ4v) is 11.5. The van der Waals surface area contributed by atoms with E-state index in [1.165, 1.54) is 0 Å². The van der Waals surface area contributed by atoms with Gasteiger partial charge in [0.1, 0.15) is 11.5 Å². The van der Waals surface area contributed by atoms with Crippen LogP contribution in [0.15, 0.2) is 216 Å². The first-order chi connectivity index (χ1) is 39.6. The van der Waals surface area contributed by atoms with Crippen molar-refractivity contribution in [3.8, 4) is 11.5 Å². The van der Waals surface area contributed by atoms with Crippen LogP contribution in [0, 0.1) is 0 Å². The van der Waals surface area contributed by atoms with Crippen molar-refractivity contribution in [3.63, 3.8) is 0 Å². The summed E-state index contributed by atoms with van der Waals surface area (Å²) in [6.45, 7) is 13.0. The summed E-state index contributed by atoms with van der Waals surface area (Å²) in [4.78, 5) is 10.7. The maximum Gasteiger partial charge on any atom is 0.397 e. The first kappa shape index (κ1) is 65.1. The molecule has 5 nitrogen and oxygen atoms in total. The second-order valence-corrected chi connectivity index (χ2v) is 23.3. The van der Waals surface area contributed by atoms with Crippen molar-refractivity contribution in [2.45, 2.75) is 125 Å². The molecule has 0 heterocycles. The Morgan fingerprint density at radius 1 is 0.376 bits per heavy atom. The molecule has 85 heavy (non-hydrogen) atoms. The number of halogens is 9. The zero-order chi connectivity index (χ0) is 60.9. The Hall–Kier alpha value is -7.46. The van der Waals surface area contributed by atoms with Crippen molar-refractivity contribution in [3.05, 3.63) is 273 Å². The molecule has 2 atom stereocenters. The topological polar surface area (TPSA) is 88.2 Å². The van der Waals surface area contributed by atoms with Gasteiger partial charge < -0.3 is 15.3 Å². The average molecular weight is 1210 g/mol. The van der Waals surface area contributed by atoms with E-state index in [1.807, 2.05) is 12.4 Å². The van der Waals surface area contributed by atoms with Gasteiger partial charge in [0.15, 0.2) is 5.60 Å². The third-order valence-corrected chi connectivity index (χ3v) is 15.7. The average Bonchev–Trinajstić information content (AvgIpc) is 2.54.